The van der Waals surface area contributed by atoms with E-state index in [0.717, 1.165) is 61.1 Å². The Balaban J connectivity index is 1.40. The second-order valence-corrected chi connectivity index (χ2v) is 8.37. The number of hydrogen-bond donors (Lipinski definition) is 2. The summed E-state index contributed by atoms with van der Waals surface area (Å²) in [5.74, 6) is 0.516. The standard InChI is InChI=1S/C24H31N5O3/c1-5-20-24(31)27-22-15(2)17(6-9-21(22)32-20)14-28-10-12-29(13-11-28)19-8-7-18(23(30)25-4)26-16(19)3/h6-9,20H,5,10-14H2,1-4H3,(H,25,30)(H,27,31)/t20-/m1/s1. The average Bonchev–Trinajstić information content (AvgIpc) is 2.81. The van der Waals surface area contributed by atoms with Gasteiger partial charge in [-0.15, -0.1) is 0 Å². The molecule has 1 aromatic heterocycles. The molecule has 2 aliphatic rings. The van der Waals surface area contributed by atoms with Gasteiger partial charge in [0, 0.05) is 39.8 Å². The van der Waals surface area contributed by atoms with Gasteiger partial charge in [-0.1, -0.05) is 13.0 Å². The molecule has 2 aromatic rings. The van der Waals surface area contributed by atoms with Crippen LogP contribution in [-0.2, 0) is 11.3 Å². The fourth-order valence-electron chi connectivity index (χ4n) is 4.36. The lowest BCUT2D eigenvalue weighted by atomic mass is 10.0. The van der Waals surface area contributed by atoms with Gasteiger partial charge in [-0.25, -0.2) is 4.98 Å². The van der Waals surface area contributed by atoms with Crippen molar-refractivity contribution in [1.29, 1.82) is 0 Å². The van der Waals surface area contributed by atoms with Gasteiger partial charge in [-0.05, 0) is 49.6 Å². The SMILES string of the molecule is CC[C@H]1Oc2ccc(CN3CCN(c4ccc(C(=O)NC)nc4C)CC3)c(C)c2NC1=O. The number of piperazine rings is 1. The molecule has 0 aliphatic carbocycles. The maximum atomic E-state index is 12.2. The Morgan fingerprint density at radius 3 is 2.59 bits per heavy atom. The first-order valence-electron chi connectivity index (χ1n) is 11.2. The number of nitrogens with zero attached hydrogens (tertiary/aromatic N) is 3. The van der Waals surface area contributed by atoms with Crippen molar-refractivity contribution in [3.05, 3.63) is 46.8 Å². The van der Waals surface area contributed by atoms with E-state index in [9.17, 15) is 9.59 Å². The van der Waals surface area contributed by atoms with Crippen LogP contribution in [0.4, 0.5) is 11.4 Å². The molecule has 8 nitrogen and oxygen atoms in total. The van der Waals surface area contributed by atoms with Crippen molar-refractivity contribution < 1.29 is 14.3 Å². The lowest BCUT2D eigenvalue weighted by Crippen LogP contribution is -2.46. The Morgan fingerprint density at radius 1 is 1.19 bits per heavy atom. The first kappa shape index (κ1) is 22.1. The van der Waals surface area contributed by atoms with Crippen LogP contribution in [0.5, 0.6) is 5.75 Å². The lowest BCUT2D eigenvalue weighted by Gasteiger charge is -2.37. The van der Waals surface area contributed by atoms with Crippen LogP contribution < -0.4 is 20.3 Å². The minimum atomic E-state index is -0.413. The fourth-order valence-corrected chi connectivity index (χ4v) is 4.36. The number of amides is 2. The normalized spacial score (nSPS) is 18.6. The van der Waals surface area contributed by atoms with Gasteiger partial charge in [0.2, 0.25) is 0 Å². The number of hydrogen-bond acceptors (Lipinski definition) is 6. The van der Waals surface area contributed by atoms with Crippen LogP contribution in [0, 0.1) is 13.8 Å². The predicted octanol–water partition coefficient (Wildman–Crippen LogP) is 2.49. The zero-order valence-corrected chi connectivity index (χ0v) is 19.2. The number of carbonyl (C=O) groups excluding carboxylic acids is 2. The molecule has 32 heavy (non-hydrogen) atoms. The number of pyridine rings is 1. The summed E-state index contributed by atoms with van der Waals surface area (Å²) in [4.78, 5) is 33.3. The van der Waals surface area contributed by atoms with Gasteiger partial charge in [-0.2, -0.15) is 0 Å². The van der Waals surface area contributed by atoms with E-state index in [-0.39, 0.29) is 11.8 Å². The fraction of sp³-hybridized carbons (Fsp3) is 0.458. The van der Waals surface area contributed by atoms with Crippen LogP contribution in [-0.4, -0.2) is 61.0 Å². The smallest absolute Gasteiger partial charge is 0.269 e. The van der Waals surface area contributed by atoms with Crippen molar-refractivity contribution in [2.24, 2.45) is 0 Å². The van der Waals surface area contributed by atoms with Gasteiger partial charge < -0.3 is 20.3 Å². The Morgan fingerprint density at radius 2 is 1.94 bits per heavy atom. The van der Waals surface area contributed by atoms with Gasteiger partial charge >= 0.3 is 0 Å². The van der Waals surface area contributed by atoms with Crippen LogP contribution in [0.15, 0.2) is 24.3 Å². The van der Waals surface area contributed by atoms with E-state index < -0.39 is 6.10 Å². The Kier molecular flexibility index (Phi) is 6.32. The van der Waals surface area contributed by atoms with E-state index in [1.165, 1.54) is 5.56 Å². The third kappa shape index (κ3) is 4.27. The molecule has 170 valence electrons. The molecule has 4 rings (SSSR count). The first-order chi connectivity index (χ1) is 15.4. The highest BCUT2D eigenvalue weighted by Crippen LogP contribution is 2.35. The van der Waals surface area contributed by atoms with Crippen molar-refractivity contribution >= 4 is 23.2 Å². The van der Waals surface area contributed by atoms with Crippen LogP contribution in [0.2, 0.25) is 0 Å². The van der Waals surface area contributed by atoms with Crippen molar-refractivity contribution in [2.45, 2.75) is 39.8 Å². The lowest BCUT2D eigenvalue weighted by molar-refractivity contribution is -0.123. The Bertz CT molecular complexity index is 1030. The Labute approximate surface area is 188 Å². The van der Waals surface area contributed by atoms with E-state index in [0.29, 0.717) is 12.1 Å². The molecule has 1 aromatic carbocycles. The number of anilines is 2. The first-order valence-corrected chi connectivity index (χ1v) is 11.2. The number of nitrogens with one attached hydrogen (secondary N) is 2. The minimum Gasteiger partial charge on any atom is -0.478 e. The third-order valence-corrected chi connectivity index (χ3v) is 6.34. The average molecular weight is 438 g/mol. The zero-order valence-electron chi connectivity index (χ0n) is 19.2. The molecule has 2 amide bonds. The maximum Gasteiger partial charge on any atom is 0.269 e. The number of ether oxygens (including phenoxy) is 1. The molecule has 1 atom stereocenters. The minimum absolute atomic E-state index is 0.0692. The van der Waals surface area contributed by atoms with Crippen LogP contribution in [0.3, 0.4) is 0 Å². The number of aromatic nitrogens is 1. The number of benzene rings is 1. The molecule has 0 unspecified atom stereocenters. The van der Waals surface area contributed by atoms with E-state index in [2.05, 4.69) is 31.5 Å². The van der Waals surface area contributed by atoms with Gasteiger partial charge in [0.15, 0.2) is 6.10 Å². The summed E-state index contributed by atoms with van der Waals surface area (Å²) in [6.45, 7) is 10.4. The summed E-state index contributed by atoms with van der Waals surface area (Å²) < 4.78 is 5.86. The van der Waals surface area contributed by atoms with E-state index in [1.807, 2.05) is 32.9 Å². The topological polar surface area (TPSA) is 86.8 Å². The van der Waals surface area contributed by atoms with Crippen LogP contribution >= 0.6 is 0 Å². The van der Waals surface area contributed by atoms with Gasteiger partial charge in [0.05, 0.1) is 17.1 Å². The summed E-state index contributed by atoms with van der Waals surface area (Å²) in [7, 11) is 1.61. The molecular formula is C24H31N5O3. The maximum absolute atomic E-state index is 12.2. The summed E-state index contributed by atoms with van der Waals surface area (Å²) in [5, 5.41) is 5.65. The number of fused-ring (bicyclic) bond motifs is 1. The van der Waals surface area contributed by atoms with Crippen molar-refractivity contribution in [2.75, 3.05) is 43.4 Å². The quantitative estimate of drug-likeness (QED) is 0.748. The third-order valence-electron chi connectivity index (χ3n) is 6.34. The van der Waals surface area contributed by atoms with E-state index in [1.54, 1.807) is 13.1 Å². The summed E-state index contributed by atoms with van der Waals surface area (Å²) in [6, 6.07) is 7.85. The van der Waals surface area contributed by atoms with Gasteiger partial charge in [0.25, 0.3) is 11.8 Å². The van der Waals surface area contributed by atoms with E-state index >= 15 is 0 Å². The highest BCUT2D eigenvalue weighted by Gasteiger charge is 2.28. The number of carbonyl (C=O) groups is 2. The summed E-state index contributed by atoms with van der Waals surface area (Å²) >= 11 is 0. The number of aryl methyl sites for hydroxylation is 1. The predicted molar refractivity (Wildman–Crippen MR) is 124 cm³/mol. The summed E-state index contributed by atoms with van der Waals surface area (Å²) in [6.07, 6.45) is 0.240. The van der Waals surface area contributed by atoms with Gasteiger partial charge in [-0.3, -0.25) is 14.5 Å². The molecule has 0 saturated carbocycles. The molecular weight excluding hydrogens is 406 g/mol. The number of rotatable bonds is 5. The molecule has 1 fully saturated rings. The van der Waals surface area contributed by atoms with Crippen LogP contribution in [0.25, 0.3) is 0 Å². The molecule has 2 aliphatic heterocycles. The molecule has 0 spiro atoms. The molecule has 0 bridgehead atoms. The molecule has 1 saturated heterocycles. The monoisotopic (exact) mass is 437 g/mol. The largest absolute Gasteiger partial charge is 0.478 e. The molecule has 0 radical (unpaired) electrons. The Hall–Kier alpha value is -3.13. The van der Waals surface area contributed by atoms with Crippen LogP contribution in [0.1, 0.15) is 40.7 Å². The van der Waals surface area contributed by atoms with Crippen molar-refractivity contribution in [3.8, 4) is 5.75 Å². The van der Waals surface area contributed by atoms with Crippen molar-refractivity contribution in [1.82, 2.24) is 15.2 Å². The van der Waals surface area contributed by atoms with Crippen molar-refractivity contribution in [3.63, 3.8) is 0 Å². The highest BCUT2D eigenvalue weighted by molar-refractivity contribution is 5.98. The highest BCUT2D eigenvalue weighted by atomic mass is 16.5. The molecule has 3 heterocycles. The molecule has 8 heteroatoms. The zero-order chi connectivity index (χ0) is 22.8. The van der Waals surface area contributed by atoms with E-state index in [4.69, 9.17) is 4.74 Å². The van der Waals surface area contributed by atoms with Gasteiger partial charge in [0.1, 0.15) is 11.4 Å². The molecule has 2 N–H and O–H groups in total. The second kappa shape index (κ2) is 9.16. The second-order valence-electron chi connectivity index (χ2n) is 8.37. The summed E-state index contributed by atoms with van der Waals surface area (Å²) in [5.41, 5.74) is 5.45.